The maximum Gasteiger partial charge on any atom is 0.243 e. The summed E-state index contributed by atoms with van der Waals surface area (Å²) in [6, 6.07) is 2.72. The lowest BCUT2D eigenvalue weighted by atomic mass is 10.4. The molecule has 0 fully saturated rings. The molecular weight excluding hydrogens is 351 g/mol. The van der Waals surface area contributed by atoms with E-state index in [0.717, 1.165) is 19.5 Å². The molecule has 0 unspecified atom stereocenters. The van der Waals surface area contributed by atoms with E-state index in [4.69, 9.17) is 28.9 Å². The Morgan fingerprint density at radius 3 is 1.82 bits per heavy atom. The highest BCUT2D eigenvalue weighted by atomic mass is 35.5. The summed E-state index contributed by atoms with van der Waals surface area (Å²) in [5, 5.41) is 2.95. The number of carbonyl (C=O) groups excluding carboxylic acids is 1. The lowest BCUT2D eigenvalue weighted by Gasteiger charge is -2.03. The van der Waals surface area contributed by atoms with Crippen LogP contribution in [-0.2, 0) is 4.79 Å². The highest BCUT2D eigenvalue weighted by Gasteiger charge is 1.96. The molecule has 0 heterocycles. The predicted molar refractivity (Wildman–Crippen MR) is 112 cm³/mol. The van der Waals surface area contributed by atoms with E-state index < -0.39 is 8.80 Å². The van der Waals surface area contributed by atoms with Crippen LogP contribution in [0, 0.1) is 0 Å². The third-order valence-corrected chi connectivity index (χ3v) is 5.55. The van der Waals surface area contributed by atoms with Gasteiger partial charge < -0.3 is 11.1 Å². The van der Waals surface area contributed by atoms with E-state index in [1.54, 1.807) is 0 Å². The van der Waals surface area contributed by atoms with Crippen molar-refractivity contribution >= 4 is 46.7 Å². The summed E-state index contributed by atoms with van der Waals surface area (Å²) < 4.78 is 0. The second-order valence-corrected chi connectivity index (χ2v) is 13.0. The molecule has 3 N–H and O–H groups in total. The Morgan fingerprint density at radius 2 is 1.55 bits per heavy atom. The van der Waals surface area contributed by atoms with Crippen molar-refractivity contribution in [3.63, 3.8) is 0 Å². The number of hydrogen-bond acceptors (Lipinski definition) is 2. The summed E-state index contributed by atoms with van der Waals surface area (Å²) in [6.07, 6.45) is 3.67. The SMILES string of the molecule is C.C=CC(=O)NCCC[SiH](C)C.C[SiH](C)CCCN.ClCCl. The monoisotopic (exact) mass is 388 g/mol. The summed E-state index contributed by atoms with van der Waals surface area (Å²) in [6.45, 7) is 14.4. The molecule has 22 heavy (non-hydrogen) atoms. The molecule has 136 valence electrons. The fourth-order valence-electron chi connectivity index (χ4n) is 1.32. The fraction of sp³-hybridized carbons (Fsp3) is 0.800. The number of nitrogens with two attached hydrogens (primary N) is 1. The van der Waals surface area contributed by atoms with Crippen molar-refractivity contribution in [1.29, 1.82) is 0 Å². The summed E-state index contributed by atoms with van der Waals surface area (Å²) in [5.74, 6) is -0.0598. The van der Waals surface area contributed by atoms with Gasteiger partial charge in [0.05, 0.1) is 5.34 Å². The van der Waals surface area contributed by atoms with Crippen LogP contribution in [0.1, 0.15) is 20.3 Å². The van der Waals surface area contributed by atoms with E-state index in [0.29, 0.717) is 0 Å². The first-order valence-corrected chi connectivity index (χ1v) is 14.9. The summed E-state index contributed by atoms with van der Waals surface area (Å²) >= 11 is 9.53. The van der Waals surface area contributed by atoms with E-state index in [1.165, 1.54) is 24.6 Å². The van der Waals surface area contributed by atoms with Gasteiger partial charge in [-0.3, -0.25) is 4.79 Å². The van der Waals surface area contributed by atoms with Crippen LogP contribution < -0.4 is 11.1 Å². The number of amides is 1. The molecule has 0 aromatic carbocycles. The van der Waals surface area contributed by atoms with Crippen molar-refractivity contribution in [2.75, 3.05) is 18.4 Å². The lowest BCUT2D eigenvalue weighted by molar-refractivity contribution is -0.116. The molecule has 7 heteroatoms. The Morgan fingerprint density at radius 1 is 1.14 bits per heavy atom. The Kier molecular flexibility index (Phi) is 35.7. The van der Waals surface area contributed by atoms with Crippen LogP contribution in [0.25, 0.3) is 0 Å². The van der Waals surface area contributed by atoms with Gasteiger partial charge in [0.1, 0.15) is 0 Å². The van der Waals surface area contributed by atoms with Crippen molar-refractivity contribution < 1.29 is 4.79 Å². The van der Waals surface area contributed by atoms with E-state index in [-0.39, 0.29) is 27.5 Å². The quantitative estimate of drug-likeness (QED) is 0.285. The highest BCUT2D eigenvalue weighted by molar-refractivity contribution is 6.55. The van der Waals surface area contributed by atoms with Crippen LogP contribution in [0.3, 0.4) is 0 Å². The van der Waals surface area contributed by atoms with Gasteiger partial charge in [-0.2, -0.15) is 0 Å². The minimum atomic E-state index is -0.420. The van der Waals surface area contributed by atoms with Gasteiger partial charge in [0.2, 0.25) is 5.91 Å². The average Bonchev–Trinajstić information content (AvgIpc) is 2.42. The molecule has 0 aliphatic carbocycles. The van der Waals surface area contributed by atoms with Crippen molar-refractivity contribution in [3.05, 3.63) is 12.7 Å². The third kappa shape index (κ3) is 42.7. The fourth-order valence-corrected chi connectivity index (χ4v) is 3.39. The topological polar surface area (TPSA) is 55.1 Å². The Balaban J connectivity index is -0.000000127. The van der Waals surface area contributed by atoms with Crippen molar-refractivity contribution in [2.45, 2.75) is 58.5 Å². The molecule has 0 saturated carbocycles. The van der Waals surface area contributed by atoms with Crippen molar-refractivity contribution in [3.8, 4) is 0 Å². The molecule has 1 amide bonds. The van der Waals surface area contributed by atoms with Crippen LogP contribution in [0.15, 0.2) is 12.7 Å². The van der Waals surface area contributed by atoms with Crippen LogP contribution >= 0.6 is 23.2 Å². The molecule has 0 radical (unpaired) electrons. The first-order chi connectivity index (χ1) is 9.85. The van der Waals surface area contributed by atoms with Crippen molar-refractivity contribution in [2.24, 2.45) is 5.73 Å². The molecule has 0 spiro atoms. The molecule has 0 rings (SSSR count). The number of hydrogen-bond donors (Lipinski definition) is 2. The minimum Gasteiger partial charge on any atom is -0.353 e. The standard InChI is InChI=1S/C8H17NOSi.C5H15NSi.CH2Cl2.CH4/c1-4-8(10)9-6-5-7-11(2)3;1-7(2)5-3-4-6;2-1-3;/h4,11H,1,5-7H2,2-3H3,(H,9,10);7H,3-6H2,1-2H3;1H2;1H4. The molecule has 3 nitrogen and oxygen atoms in total. The Hall–Kier alpha value is 0.184. The van der Waals surface area contributed by atoms with Gasteiger partial charge in [0, 0.05) is 24.1 Å². The zero-order valence-corrected chi connectivity index (χ0v) is 18.0. The number of carbonyl (C=O) groups is 1. The second kappa shape index (κ2) is 26.1. The summed E-state index contributed by atoms with van der Waals surface area (Å²) in [7, 11) is -0.688. The summed E-state index contributed by atoms with van der Waals surface area (Å²) in [4.78, 5) is 10.6. The molecule has 0 atom stereocenters. The van der Waals surface area contributed by atoms with Gasteiger partial charge in [-0.1, -0.05) is 52.3 Å². The van der Waals surface area contributed by atoms with E-state index in [1.807, 2.05) is 0 Å². The molecule has 0 aliphatic rings. The first-order valence-electron chi connectivity index (χ1n) is 7.57. The molecule has 0 aromatic rings. The van der Waals surface area contributed by atoms with Gasteiger partial charge >= 0.3 is 0 Å². The van der Waals surface area contributed by atoms with E-state index in [2.05, 4.69) is 38.1 Å². The number of rotatable bonds is 8. The molecular formula is C15H38Cl2N2OSi2. The van der Waals surface area contributed by atoms with Crippen LogP contribution in [-0.4, -0.2) is 41.9 Å². The average molecular weight is 390 g/mol. The Bertz CT molecular complexity index is 232. The van der Waals surface area contributed by atoms with Gasteiger partial charge in [0.25, 0.3) is 0 Å². The summed E-state index contributed by atoms with van der Waals surface area (Å²) in [5.41, 5.74) is 5.30. The third-order valence-electron chi connectivity index (χ3n) is 2.43. The highest BCUT2D eigenvalue weighted by Crippen LogP contribution is 1.94. The maximum absolute atomic E-state index is 10.6. The number of alkyl halides is 2. The smallest absolute Gasteiger partial charge is 0.243 e. The van der Waals surface area contributed by atoms with Crippen LogP contribution in [0.4, 0.5) is 0 Å². The number of nitrogens with one attached hydrogen (secondary N) is 1. The minimum absolute atomic E-state index is 0. The zero-order valence-electron chi connectivity index (χ0n) is 14.1. The van der Waals surface area contributed by atoms with E-state index in [9.17, 15) is 4.79 Å². The van der Waals surface area contributed by atoms with Gasteiger partial charge in [0.15, 0.2) is 0 Å². The molecule has 0 saturated heterocycles. The van der Waals surface area contributed by atoms with Crippen LogP contribution in [0.5, 0.6) is 0 Å². The largest absolute Gasteiger partial charge is 0.353 e. The second-order valence-electron chi connectivity index (χ2n) is 5.46. The van der Waals surface area contributed by atoms with Gasteiger partial charge in [-0.25, -0.2) is 0 Å². The lowest BCUT2D eigenvalue weighted by Crippen LogP contribution is -2.22. The molecule has 0 aromatic heterocycles. The predicted octanol–water partition coefficient (Wildman–Crippen LogP) is 4.04. The zero-order chi connectivity index (χ0) is 17.1. The first kappa shape index (κ1) is 30.1. The van der Waals surface area contributed by atoms with Gasteiger partial charge in [-0.05, 0) is 25.5 Å². The molecule has 0 aliphatic heterocycles. The maximum atomic E-state index is 10.6. The van der Waals surface area contributed by atoms with Crippen molar-refractivity contribution in [1.82, 2.24) is 5.32 Å². The normalized spacial score (nSPS) is 8.95. The Labute approximate surface area is 152 Å². The van der Waals surface area contributed by atoms with E-state index >= 15 is 0 Å². The molecule has 0 bridgehead atoms. The van der Waals surface area contributed by atoms with Gasteiger partial charge in [-0.15, -0.1) is 23.2 Å². The number of halogens is 2. The van der Waals surface area contributed by atoms with Crippen LogP contribution in [0.2, 0.25) is 38.3 Å².